The number of fused-ring (bicyclic) bond motifs is 3. The van der Waals surface area contributed by atoms with Gasteiger partial charge in [0, 0.05) is 55.3 Å². The first-order chi connectivity index (χ1) is 16.4. The summed E-state index contributed by atoms with van der Waals surface area (Å²) in [6, 6.07) is 10.1. The molecule has 192 valence electrons. The predicted molar refractivity (Wildman–Crippen MR) is 154 cm³/mol. The Morgan fingerprint density at radius 2 is 1.58 bits per heavy atom. The van der Waals surface area contributed by atoms with Crippen LogP contribution in [0.3, 0.4) is 0 Å². The van der Waals surface area contributed by atoms with E-state index in [9.17, 15) is 4.79 Å². The molecule has 0 amide bonds. The van der Waals surface area contributed by atoms with Crippen LogP contribution in [0.1, 0.15) is 0 Å². The second-order valence-corrected chi connectivity index (χ2v) is 23.0. The minimum Gasteiger partial charge on any atom is -0.441 e. The van der Waals surface area contributed by atoms with E-state index in [0.717, 1.165) is 34.1 Å². The standard InChI is InChI=1S/C26H41N4O3Si2.Rb/c1-29(2)20-9-10-23-22(17-20)24-21(25(28-23)27-18-32-13-15-34(3,4)5)11-12-30(26(24)31)19-33-14-16-35(6,7)8;/h9-12,17H,13-16,18-19H2,1-8H3;/q-1;+1. The number of aromatic nitrogens is 2. The molecule has 0 atom stereocenters. The fraction of sp³-hybridized carbons (Fsp3) is 0.538. The fourth-order valence-corrected chi connectivity index (χ4v) is 5.12. The summed E-state index contributed by atoms with van der Waals surface area (Å²) in [4.78, 5) is 20.5. The zero-order valence-electron chi connectivity index (χ0n) is 23.6. The second kappa shape index (κ2) is 13.6. The van der Waals surface area contributed by atoms with Crippen LogP contribution >= 0.6 is 0 Å². The van der Waals surface area contributed by atoms with Gasteiger partial charge in [0.15, 0.2) is 0 Å². The summed E-state index contributed by atoms with van der Waals surface area (Å²) < 4.78 is 13.3. The average Bonchev–Trinajstić information content (AvgIpc) is 2.75. The summed E-state index contributed by atoms with van der Waals surface area (Å²) in [5.41, 5.74) is 1.68. The SMILES string of the molecule is CN(C)c1ccc2nc([N-]COCC[Si](C)(C)C)c3ccn(COCC[Si](C)(C)C)c(=O)c3c2c1.[Rb+]. The third-order valence-corrected chi connectivity index (χ3v) is 9.34. The number of hydrogen-bond acceptors (Lipinski definition) is 5. The van der Waals surface area contributed by atoms with E-state index in [1.807, 2.05) is 43.3 Å². The topological polar surface area (TPSA) is 70.7 Å². The summed E-state index contributed by atoms with van der Waals surface area (Å²) in [6.45, 7) is 15.8. The summed E-state index contributed by atoms with van der Waals surface area (Å²) in [6.07, 6.45) is 1.79. The van der Waals surface area contributed by atoms with Crippen molar-refractivity contribution in [2.45, 2.75) is 58.1 Å². The molecule has 1 aromatic carbocycles. The Hall–Kier alpha value is -0.401. The molecule has 2 heterocycles. The maximum absolute atomic E-state index is 13.6. The fourth-order valence-electron chi connectivity index (χ4n) is 3.61. The van der Waals surface area contributed by atoms with Crippen LogP contribution in [0.2, 0.25) is 51.4 Å². The smallest absolute Gasteiger partial charge is 0.441 e. The van der Waals surface area contributed by atoms with Gasteiger partial charge in [-0.1, -0.05) is 51.2 Å². The molecule has 0 unspecified atom stereocenters. The van der Waals surface area contributed by atoms with Crippen molar-refractivity contribution in [3.05, 3.63) is 46.1 Å². The van der Waals surface area contributed by atoms with Gasteiger partial charge in [-0.3, -0.25) is 9.36 Å². The van der Waals surface area contributed by atoms with Crippen LogP contribution in [-0.4, -0.2) is 59.7 Å². The molecule has 0 radical (unpaired) electrons. The molecular weight excluding hydrogens is 558 g/mol. The van der Waals surface area contributed by atoms with Crippen molar-refractivity contribution < 1.29 is 67.7 Å². The zero-order chi connectivity index (χ0) is 25.8. The Labute approximate surface area is 266 Å². The van der Waals surface area contributed by atoms with E-state index in [1.54, 1.807) is 10.8 Å². The molecule has 3 rings (SSSR count). The van der Waals surface area contributed by atoms with Gasteiger partial charge < -0.3 is 24.7 Å². The molecular formula is C26H41N4O3RbSi2. The van der Waals surface area contributed by atoms with E-state index in [0.29, 0.717) is 24.4 Å². The number of ether oxygens (including phenoxy) is 2. The number of hydrogen-bond donors (Lipinski definition) is 0. The summed E-state index contributed by atoms with van der Waals surface area (Å²) in [5.74, 6) is 0.544. The normalized spacial score (nSPS) is 12.1. The molecule has 0 aliphatic heterocycles. The van der Waals surface area contributed by atoms with Crippen LogP contribution in [0.5, 0.6) is 0 Å². The van der Waals surface area contributed by atoms with Crippen molar-refractivity contribution in [1.29, 1.82) is 0 Å². The summed E-state index contributed by atoms with van der Waals surface area (Å²) >= 11 is 0. The quantitative estimate of drug-likeness (QED) is 0.182. The Morgan fingerprint density at radius 3 is 2.19 bits per heavy atom. The van der Waals surface area contributed by atoms with Crippen molar-refractivity contribution in [2.24, 2.45) is 0 Å². The van der Waals surface area contributed by atoms with Gasteiger partial charge in [0.2, 0.25) is 0 Å². The van der Waals surface area contributed by atoms with Crippen LogP contribution in [-0.2, 0) is 16.2 Å². The van der Waals surface area contributed by atoms with E-state index >= 15 is 0 Å². The van der Waals surface area contributed by atoms with Crippen molar-refractivity contribution in [3.63, 3.8) is 0 Å². The van der Waals surface area contributed by atoms with Crippen LogP contribution in [0.4, 0.5) is 11.5 Å². The average molecular weight is 599 g/mol. The third kappa shape index (κ3) is 9.11. The molecule has 0 aliphatic rings. The first kappa shape index (κ1) is 31.8. The molecule has 0 aliphatic carbocycles. The van der Waals surface area contributed by atoms with Gasteiger partial charge in [0.25, 0.3) is 5.56 Å². The second-order valence-electron chi connectivity index (χ2n) is 11.8. The predicted octanol–water partition coefficient (Wildman–Crippen LogP) is 3.25. The zero-order valence-corrected chi connectivity index (χ0v) is 30.6. The Balaban J connectivity index is 0.00000456. The molecule has 10 heteroatoms. The monoisotopic (exact) mass is 598 g/mol. The molecule has 36 heavy (non-hydrogen) atoms. The van der Waals surface area contributed by atoms with Crippen molar-refractivity contribution in [2.75, 3.05) is 38.9 Å². The van der Waals surface area contributed by atoms with Crippen molar-refractivity contribution in [1.82, 2.24) is 9.55 Å². The van der Waals surface area contributed by atoms with Gasteiger partial charge in [0.05, 0.1) is 12.1 Å². The van der Waals surface area contributed by atoms with Gasteiger partial charge in [-0.2, -0.15) is 0 Å². The molecule has 0 fully saturated rings. The van der Waals surface area contributed by atoms with Crippen molar-refractivity contribution in [3.8, 4) is 0 Å². The molecule has 0 N–H and O–H groups in total. The van der Waals surface area contributed by atoms with E-state index in [4.69, 9.17) is 14.5 Å². The van der Waals surface area contributed by atoms with Gasteiger partial charge >= 0.3 is 58.2 Å². The minimum atomic E-state index is -1.19. The Kier molecular flexibility index (Phi) is 12.0. The van der Waals surface area contributed by atoms with E-state index < -0.39 is 16.1 Å². The Bertz CT molecular complexity index is 1220. The molecule has 0 saturated carbocycles. The molecule has 2 aromatic heterocycles. The minimum absolute atomic E-state index is 0. The number of benzene rings is 1. The first-order valence-corrected chi connectivity index (χ1v) is 19.7. The van der Waals surface area contributed by atoms with Crippen LogP contribution < -0.4 is 68.6 Å². The largest absolute Gasteiger partial charge is 1.00 e. The first-order valence-electron chi connectivity index (χ1n) is 12.3. The van der Waals surface area contributed by atoms with Crippen molar-refractivity contribution >= 4 is 49.3 Å². The number of anilines is 1. The Morgan fingerprint density at radius 1 is 0.944 bits per heavy atom. The van der Waals surface area contributed by atoms with Gasteiger partial charge in [-0.05, 0) is 46.6 Å². The molecule has 0 bridgehead atoms. The third-order valence-electron chi connectivity index (χ3n) is 5.93. The van der Waals surface area contributed by atoms with Crippen LogP contribution in [0.25, 0.3) is 27.0 Å². The summed E-state index contributed by atoms with van der Waals surface area (Å²) in [7, 11) is 1.63. The molecule has 7 nitrogen and oxygen atoms in total. The van der Waals surface area contributed by atoms with E-state index in [-0.39, 0.29) is 77.2 Å². The maximum atomic E-state index is 13.6. The van der Waals surface area contributed by atoms with E-state index in [2.05, 4.69) is 44.6 Å². The van der Waals surface area contributed by atoms with Crippen LogP contribution in [0, 0.1) is 0 Å². The van der Waals surface area contributed by atoms with Gasteiger partial charge in [0.1, 0.15) is 6.73 Å². The molecule has 0 saturated heterocycles. The number of pyridine rings is 2. The molecule has 3 aromatic rings. The number of nitrogens with zero attached hydrogens (tertiary/aromatic N) is 4. The van der Waals surface area contributed by atoms with Crippen LogP contribution in [0.15, 0.2) is 35.3 Å². The van der Waals surface area contributed by atoms with E-state index in [1.165, 1.54) is 0 Å². The summed E-state index contributed by atoms with van der Waals surface area (Å²) in [5, 5.41) is 6.82. The maximum Gasteiger partial charge on any atom is 1.00 e. The molecule has 0 spiro atoms. The van der Waals surface area contributed by atoms with Gasteiger partial charge in [-0.15, -0.1) is 0 Å². The van der Waals surface area contributed by atoms with Gasteiger partial charge in [-0.25, -0.2) is 0 Å². The number of rotatable bonds is 12.